The molecule has 0 aromatic carbocycles. The zero-order chi connectivity index (χ0) is 18.1. The summed E-state index contributed by atoms with van der Waals surface area (Å²) in [5, 5.41) is 0. The summed E-state index contributed by atoms with van der Waals surface area (Å²) < 4.78 is 104. The predicted octanol–water partition coefficient (Wildman–Crippen LogP) is 0.998. The molecule has 0 spiro atoms. The topological polar surface area (TPSA) is 60.4 Å². The van der Waals surface area contributed by atoms with Crippen LogP contribution in [0.5, 0.6) is 0 Å². The fraction of sp³-hybridized carbons (Fsp3) is 1.00. The van der Waals surface area contributed by atoms with Crippen molar-refractivity contribution < 1.29 is 68.9 Å². The Hall–Kier alpha value is 0.450. The van der Waals surface area contributed by atoms with E-state index in [1.165, 1.54) is 0 Å². The maximum atomic E-state index is 12.2. The van der Waals surface area contributed by atoms with Gasteiger partial charge < -0.3 is 4.55 Å². The van der Waals surface area contributed by atoms with E-state index in [0.29, 0.717) is 32.1 Å². The Morgan fingerprint density at radius 3 is 1.38 bits per heavy atom. The van der Waals surface area contributed by atoms with Gasteiger partial charge >= 0.3 is 42.2 Å². The summed E-state index contributed by atoms with van der Waals surface area (Å²) in [5.74, 6) is -0.419. The van der Waals surface area contributed by atoms with Crippen molar-refractivity contribution in [2.24, 2.45) is 0 Å². The van der Waals surface area contributed by atoms with Crippen LogP contribution in [0.2, 0.25) is 0 Å². The van der Waals surface area contributed by atoms with E-state index < -0.39 is 39.9 Å². The minimum Gasteiger partial charge on any atom is -0.748 e. The van der Waals surface area contributed by atoms with Gasteiger partial charge in [0.25, 0.3) is 0 Å². The van der Waals surface area contributed by atoms with Crippen LogP contribution in [0.15, 0.2) is 0 Å². The largest absolute Gasteiger partial charge is 1.00 e. The van der Waals surface area contributed by atoms with Gasteiger partial charge in [-0.1, -0.05) is 38.5 Å². The smallest absolute Gasteiger partial charge is 0.748 e. The van der Waals surface area contributed by atoms with Gasteiger partial charge in [-0.05, 0) is 12.8 Å². The van der Waals surface area contributed by atoms with Crippen LogP contribution in [0, 0.1) is 0 Å². The molecule has 0 aromatic rings. The van der Waals surface area contributed by atoms with Crippen LogP contribution in [0.1, 0.15) is 51.4 Å². The van der Waals surface area contributed by atoms with Crippen LogP contribution in [0.4, 0.5) is 26.3 Å². The van der Waals surface area contributed by atoms with E-state index >= 15 is 0 Å². The maximum absolute atomic E-state index is 12.2. The molecule has 0 bridgehead atoms. The molecule has 12 heteroatoms. The zero-order valence-electron chi connectivity index (χ0n) is 13.4. The molecular formula is C12H20F6NNaO3S. The van der Waals surface area contributed by atoms with Crippen LogP contribution in [-0.2, 0) is 10.1 Å². The Kier molecular flexibility index (Phi) is 13.3. The maximum Gasteiger partial charge on any atom is 1.00 e. The number of hydrogen-bond donors (Lipinski definition) is 0. The molecular weight excluding hydrogens is 375 g/mol. The molecule has 0 aromatic heterocycles. The Labute approximate surface area is 160 Å². The summed E-state index contributed by atoms with van der Waals surface area (Å²) in [6.45, 7) is -1.12. The van der Waals surface area contributed by atoms with Gasteiger partial charge in [-0.2, -0.15) is 26.3 Å². The molecule has 4 nitrogen and oxygen atoms in total. The molecule has 0 fully saturated rings. The first-order valence-corrected chi connectivity index (χ1v) is 8.76. The third-order valence-electron chi connectivity index (χ3n) is 3.14. The molecule has 0 aliphatic rings. The molecule has 24 heavy (non-hydrogen) atoms. The van der Waals surface area contributed by atoms with Gasteiger partial charge in [0.15, 0.2) is 0 Å². The van der Waals surface area contributed by atoms with Crippen molar-refractivity contribution in [3.05, 3.63) is 0 Å². The summed E-state index contributed by atoms with van der Waals surface area (Å²) in [4.78, 5) is -1.43. The molecule has 0 radical (unpaired) electrons. The number of alkyl halides is 6. The van der Waals surface area contributed by atoms with Crippen molar-refractivity contribution in [3.8, 4) is 0 Å². The van der Waals surface area contributed by atoms with E-state index in [1.54, 1.807) is 0 Å². The molecule has 140 valence electrons. The first-order valence-electron chi connectivity index (χ1n) is 7.19. The number of halogens is 6. The minimum absolute atomic E-state index is 0. The molecule has 0 saturated heterocycles. The third-order valence-corrected chi connectivity index (χ3v) is 3.93. The standard InChI is InChI=1S/C12H21F6NO3S.Na/c13-11(14,15)19(12(16,17)18)9-7-5-3-1-2-4-6-8-10-23(20,21)22;/h1-10H2,(H,20,21,22);/q;+1/p-1. The number of unbranched alkanes of at least 4 members (excludes halogenated alkanes) is 7. The fourth-order valence-electron chi connectivity index (χ4n) is 2.01. The summed E-state index contributed by atoms with van der Waals surface area (Å²) in [5.41, 5.74) is 0. The molecule has 0 rings (SSSR count). The van der Waals surface area contributed by atoms with Gasteiger partial charge in [0.2, 0.25) is 0 Å². The molecule has 0 saturated carbocycles. The van der Waals surface area contributed by atoms with Crippen LogP contribution in [-0.4, -0.2) is 42.8 Å². The molecule has 0 N–H and O–H groups in total. The summed E-state index contributed by atoms with van der Waals surface area (Å²) in [6.07, 6.45) is -7.50. The molecule has 0 heterocycles. The van der Waals surface area contributed by atoms with Crippen LogP contribution in [0.3, 0.4) is 0 Å². The Morgan fingerprint density at radius 2 is 1.04 bits per heavy atom. The average molecular weight is 395 g/mol. The van der Waals surface area contributed by atoms with E-state index in [1.807, 2.05) is 0 Å². The van der Waals surface area contributed by atoms with E-state index in [4.69, 9.17) is 0 Å². The molecule has 0 amide bonds. The second-order valence-corrected chi connectivity index (χ2v) is 6.70. The third kappa shape index (κ3) is 14.8. The van der Waals surface area contributed by atoms with Gasteiger partial charge in [0.05, 0.1) is 10.1 Å². The summed E-state index contributed by atoms with van der Waals surface area (Å²) in [7, 11) is -4.20. The van der Waals surface area contributed by atoms with Gasteiger partial charge in [0.1, 0.15) is 0 Å². The zero-order valence-corrected chi connectivity index (χ0v) is 16.2. The number of nitrogens with zero attached hydrogens (tertiary/aromatic N) is 1. The van der Waals surface area contributed by atoms with E-state index in [2.05, 4.69) is 0 Å². The average Bonchev–Trinajstić information content (AvgIpc) is 2.31. The first kappa shape index (κ1) is 26.7. The fourth-order valence-corrected chi connectivity index (χ4v) is 2.56. The van der Waals surface area contributed by atoms with Gasteiger partial charge in [-0.15, -0.1) is 4.90 Å². The normalized spacial score (nSPS) is 13.2. The van der Waals surface area contributed by atoms with Crippen molar-refractivity contribution in [2.75, 3.05) is 12.3 Å². The quantitative estimate of drug-likeness (QED) is 0.172. The molecule has 0 aliphatic heterocycles. The van der Waals surface area contributed by atoms with E-state index in [-0.39, 0.29) is 48.8 Å². The van der Waals surface area contributed by atoms with Crippen LogP contribution < -0.4 is 29.6 Å². The predicted molar refractivity (Wildman–Crippen MR) is 70.3 cm³/mol. The second-order valence-electron chi connectivity index (χ2n) is 5.18. The molecule has 0 unspecified atom stereocenters. The summed E-state index contributed by atoms with van der Waals surface area (Å²) >= 11 is 0. The Morgan fingerprint density at radius 1 is 0.708 bits per heavy atom. The molecule has 0 aliphatic carbocycles. The number of hydrogen-bond acceptors (Lipinski definition) is 4. The monoisotopic (exact) mass is 395 g/mol. The van der Waals surface area contributed by atoms with Crippen molar-refractivity contribution in [3.63, 3.8) is 0 Å². The summed E-state index contributed by atoms with van der Waals surface area (Å²) in [6, 6.07) is 0. The number of rotatable bonds is 11. The van der Waals surface area contributed by atoms with Crippen molar-refractivity contribution in [1.29, 1.82) is 0 Å². The minimum atomic E-state index is -5.43. The Bertz CT molecular complexity index is 413. The van der Waals surface area contributed by atoms with Crippen LogP contribution in [0.25, 0.3) is 0 Å². The van der Waals surface area contributed by atoms with Crippen molar-refractivity contribution in [1.82, 2.24) is 4.90 Å². The van der Waals surface area contributed by atoms with E-state index in [9.17, 15) is 39.3 Å². The first-order chi connectivity index (χ1) is 10.3. The SMILES string of the molecule is O=S(=O)([O-])CCCCCCCCCCN(C(F)(F)F)C(F)(F)F.[Na+]. The Balaban J connectivity index is 0. The second kappa shape index (κ2) is 11.9. The van der Waals surface area contributed by atoms with Crippen molar-refractivity contribution >= 4 is 10.1 Å². The van der Waals surface area contributed by atoms with Gasteiger partial charge in [-0.3, -0.25) is 0 Å². The van der Waals surface area contributed by atoms with E-state index in [0.717, 1.165) is 0 Å². The molecule has 0 atom stereocenters. The van der Waals surface area contributed by atoms with Crippen molar-refractivity contribution in [2.45, 2.75) is 64.0 Å². The van der Waals surface area contributed by atoms with Gasteiger partial charge in [0, 0.05) is 12.3 Å². The van der Waals surface area contributed by atoms with Gasteiger partial charge in [-0.25, -0.2) is 8.42 Å². The van der Waals surface area contributed by atoms with Crippen LogP contribution >= 0.6 is 0 Å².